The van der Waals surface area contributed by atoms with E-state index >= 15 is 0 Å². The summed E-state index contributed by atoms with van der Waals surface area (Å²) in [6.45, 7) is 0.832. The van der Waals surface area contributed by atoms with Crippen LogP contribution in [0.4, 0.5) is 0 Å². The number of nitrogens with one attached hydrogen (secondary N) is 1. The summed E-state index contributed by atoms with van der Waals surface area (Å²) in [7, 11) is 0. The Morgan fingerprint density at radius 2 is 2.28 bits per heavy atom. The average molecular weight is 240 g/mol. The van der Waals surface area contributed by atoms with E-state index in [0.717, 1.165) is 19.4 Å². The number of aryl methyl sites for hydroxylation is 1. The van der Waals surface area contributed by atoms with Crippen LogP contribution in [0.3, 0.4) is 0 Å². The molecule has 0 radical (unpaired) electrons. The van der Waals surface area contributed by atoms with Gasteiger partial charge in [-0.05, 0) is 47.7 Å². The summed E-state index contributed by atoms with van der Waals surface area (Å²) < 4.78 is 0. The van der Waals surface area contributed by atoms with Crippen molar-refractivity contribution in [3.05, 3.63) is 59.4 Å². The van der Waals surface area contributed by atoms with E-state index in [9.17, 15) is 5.11 Å². The van der Waals surface area contributed by atoms with Gasteiger partial charge < -0.3 is 10.4 Å². The van der Waals surface area contributed by atoms with Gasteiger partial charge in [-0.1, -0.05) is 12.1 Å². The molecule has 0 saturated carbocycles. The van der Waals surface area contributed by atoms with E-state index in [2.05, 4.69) is 16.4 Å². The first-order valence-electron chi connectivity index (χ1n) is 6.27. The van der Waals surface area contributed by atoms with Crippen LogP contribution in [0.1, 0.15) is 29.2 Å². The molecule has 1 unspecified atom stereocenters. The molecule has 1 aromatic carbocycles. The highest BCUT2D eigenvalue weighted by Gasteiger charge is 2.21. The number of nitrogens with zero attached hydrogens (tertiary/aromatic N) is 1. The molecule has 2 N–H and O–H groups in total. The Morgan fingerprint density at radius 1 is 1.33 bits per heavy atom. The molecule has 0 aliphatic heterocycles. The second-order valence-corrected chi connectivity index (χ2v) is 4.72. The number of aromatic nitrogens is 1. The van der Waals surface area contributed by atoms with Crippen LogP contribution in [0.2, 0.25) is 0 Å². The molecule has 3 nitrogen and oxygen atoms in total. The lowest BCUT2D eigenvalue weighted by Crippen LogP contribution is -2.18. The highest BCUT2D eigenvalue weighted by molar-refractivity contribution is 5.40. The Balaban J connectivity index is 1.70. The second kappa shape index (κ2) is 4.78. The van der Waals surface area contributed by atoms with Crippen LogP contribution in [-0.2, 0) is 13.0 Å². The van der Waals surface area contributed by atoms with Crippen molar-refractivity contribution in [1.82, 2.24) is 10.3 Å². The second-order valence-electron chi connectivity index (χ2n) is 4.72. The lowest BCUT2D eigenvalue weighted by Gasteiger charge is -2.14. The smallest absolute Gasteiger partial charge is 0.115 e. The number of hydrogen-bond donors (Lipinski definition) is 2. The molecule has 1 aliphatic rings. The molecule has 18 heavy (non-hydrogen) atoms. The predicted octanol–water partition coefficient (Wildman–Crippen LogP) is 2.56. The van der Waals surface area contributed by atoms with Crippen LogP contribution in [0, 0.1) is 0 Å². The van der Waals surface area contributed by atoms with Gasteiger partial charge in [0.05, 0.1) is 0 Å². The fraction of sp³-hybridized carbons (Fsp3) is 0.267. The number of fused-ring (bicyclic) bond motifs is 1. The largest absolute Gasteiger partial charge is 0.508 e. The summed E-state index contributed by atoms with van der Waals surface area (Å²) in [6, 6.07) is 10.1. The number of phenolic OH excluding ortho intramolecular Hbond substituents is 1. The highest BCUT2D eigenvalue weighted by Crippen LogP contribution is 2.33. The number of hydrogen-bond acceptors (Lipinski definition) is 3. The maximum absolute atomic E-state index is 9.46. The molecule has 0 fully saturated rings. The molecule has 2 aromatic rings. The molecule has 3 rings (SSSR count). The molecule has 0 spiro atoms. The molecule has 0 amide bonds. The minimum absolute atomic E-state index is 0.363. The summed E-state index contributed by atoms with van der Waals surface area (Å²) in [6.07, 6.45) is 5.81. The van der Waals surface area contributed by atoms with Gasteiger partial charge in [-0.2, -0.15) is 0 Å². The molecule has 1 heterocycles. The Bertz CT molecular complexity index is 539. The van der Waals surface area contributed by atoms with Gasteiger partial charge in [0, 0.05) is 25.0 Å². The van der Waals surface area contributed by atoms with Crippen LogP contribution < -0.4 is 5.32 Å². The van der Waals surface area contributed by atoms with Crippen molar-refractivity contribution in [3.63, 3.8) is 0 Å². The van der Waals surface area contributed by atoms with Gasteiger partial charge in [0.1, 0.15) is 5.75 Å². The fourth-order valence-electron chi connectivity index (χ4n) is 2.56. The van der Waals surface area contributed by atoms with Crippen molar-refractivity contribution in [2.75, 3.05) is 0 Å². The molecule has 0 bridgehead atoms. The SMILES string of the molecule is Oc1ccc2c(c1)CCC2NCc1cccnc1. The van der Waals surface area contributed by atoms with E-state index in [1.165, 1.54) is 16.7 Å². The van der Waals surface area contributed by atoms with E-state index in [1.54, 1.807) is 12.3 Å². The molecular weight excluding hydrogens is 224 g/mol. The Kier molecular flexibility index (Phi) is 2.99. The molecular formula is C15H16N2O. The van der Waals surface area contributed by atoms with Crippen molar-refractivity contribution < 1.29 is 5.11 Å². The number of aromatic hydroxyl groups is 1. The first kappa shape index (κ1) is 11.2. The zero-order valence-electron chi connectivity index (χ0n) is 10.1. The van der Waals surface area contributed by atoms with Crippen LogP contribution in [0.25, 0.3) is 0 Å². The molecule has 1 atom stereocenters. The van der Waals surface area contributed by atoms with Crippen LogP contribution in [0.5, 0.6) is 5.75 Å². The minimum atomic E-state index is 0.363. The van der Waals surface area contributed by atoms with Gasteiger partial charge in [-0.15, -0.1) is 0 Å². The lowest BCUT2D eigenvalue weighted by atomic mass is 10.1. The van der Waals surface area contributed by atoms with Crippen LogP contribution in [-0.4, -0.2) is 10.1 Å². The standard InChI is InChI=1S/C15H16N2O/c18-13-4-5-14-12(8-13)3-6-15(14)17-10-11-2-1-7-16-9-11/h1-2,4-5,7-9,15,17-18H,3,6,10H2. The van der Waals surface area contributed by atoms with E-state index in [4.69, 9.17) is 0 Å². The number of rotatable bonds is 3. The van der Waals surface area contributed by atoms with E-state index in [0.29, 0.717) is 11.8 Å². The van der Waals surface area contributed by atoms with Gasteiger partial charge in [0.15, 0.2) is 0 Å². The predicted molar refractivity (Wildman–Crippen MR) is 70.2 cm³/mol. The Labute approximate surface area is 107 Å². The summed E-state index contributed by atoms with van der Waals surface area (Å²) in [5.41, 5.74) is 3.78. The maximum Gasteiger partial charge on any atom is 0.115 e. The minimum Gasteiger partial charge on any atom is -0.508 e. The molecule has 1 aliphatic carbocycles. The zero-order valence-corrected chi connectivity index (χ0v) is 10.1. The first-order valence-corrected chi connectivity index (χ1v) is 6.27. The normalized spacial score (nSPS) is 17.7. The van der Waals surface area contributed by atoms with Crippen LogP contribution in [0.15, 0.2) is 42.7 Å². The quantitative estimate of drug-likeness (QED) is 0.866. The van der Waals surface area contributed by atoms with E-state index in [-0.39, 0.29) is 0 Å². The summed E-state index contributed by atoms with van der Waals surface area (Å²) in [5, 5.41) is 13.0. The molecule has 1 aromatic heterocycles. The number of phenols is 1. The number of benzene rings is 1. The monoisotopic (exact) mass is 240 g/mol. The maximum atomic E-state index is 9.46. The lowest BCUT2D eigenvalue weighted by molar-refractivity contribution is 0.474. The Morgan fingerprint density at radius 3 is 3.11 bits per heavy atom. The summed E-state index contributed by atoms with van der Waals surface area (Å²) >= 11 is 0. The van der Waals surface area contributed by atoms with Crippen molar-refractivity contribution in [2.24, 2.45) is 0 Å². The van der Waals surface area contributed by atoms with E-state index in [1.807, 2.05) is 24.4 Å². The Hall–Kier alpha value is -1.87. The average Bonchev–Trinajstić information content (AvgIpc) is 2.80. The van der Waals surface area contributed by atoms with Crippen molar-refractivity contribution in [2.45, 2.75) is 25.4 Å². The zero-order chi connectivity index (χ0) is 12.4. The van der Waals surface area contributed by atoms with Crippen molar-refractivity contribution >= 4 is 0 Å². The topological polar surface area (TPSA) is 45.1 Å². The van der Waals surface area contributed by atoms with Gasteiger partial charge in [-0.3, -0.25) is 4.98 Å². The van der Waals surface area contributed by atoms with Gasteiger partial charge >= 0.3 is 0 Å². The third kappa shape index (κ3) is 2.22. The summed E-state index contributed by atoms with van der Waals surface area (Å²) in [4.78, 5) is 4.11. The van der Waals surface area contributed by atoms with Crippen molar-refractivity contribution in [3.8, 4) is 5.75 Å². The molecule has 3 heteroatoms. The van der Waals surface area contributed by atoms with E-state index < -0.39 is 0 Å². The fourth-order valence-corrected chi connectivity index (χ4v) is 2.56. The van der Waals surface area contributed by atoms with Gasteiger partial charge in [0.25, 0.3) is 0 Å². The summed E-state index contributed by atoms with van der Waals surface area (Å²) in [5.74, 6) is 0.363. The van der Waals surface area contributed by atoms with Gasteiger partial charge in [-0.25, -0.2) is 0 Å². The highest BCUT2D eigenvalue weighted by atomic mass is 16.3. The third-order valence-electron chi connectivity index (χ3n) is 3.48. The van der Waals surface area contributed by atoms with Gasteiger partial charge in [0.2, 0.25) is 0 Å². The molecule has 92 valence electrons. The van der Waals surface area contributed by atoms with Crippen molar-refractivity contribution in [1.29, 1.82) is 0 Å². The van der Waals surface area contributed by atoms with Crippen LogP contribution >= 0.6 is 0 Å². The number of pyridine rings is 1. The first-order chi connectivity index (χ1) is 8.83. The third-order valence-corrected chi connectivity index (χ3v) is 3.48. The molecule has 0 saturated heterocycles.